The van der Waals surface area contributed by atoms with Crippen molar-refractivity contribution in [1.82, 2.24) is 5.32 Å². The zero-order valence-corrected chi connectivity index (χ0v) is 43.8. The number of allylic oxidation sites excluding steroid dienone is 7. The van der Waals surface area contributed by atoms with Gasteiger partial charge in [-0.15, -0.1) is 4.33 Å². The van der Waals surface area contributed by atoms with Crippen LogP contribution in [0.4, 0.5) is 11.4 Å². The van der Waals surface area contributed by atoms with Crippen molar-refractivity contribution in [2.75, 3.05) is 36.0 Å². The number of anilines is 1. The molecule has 17 nitrogen and oxygen atoms in total. The number of carbonyl (C=O) groups is 1. The lowest BCUT2D eigenvalue weighted by molar-refractivity contribution is -0.438. The maximum atomic E-state index is 12.3. The van der Waals surface area contributed by atoms with Gasteiger partial charge in [-0.05, 0) is 118 Å². The summed E-state index contributed by atoms with van der Waals surface area (Å²) >= 11 is 0.860. The van der Waals surface area contributed by atoms with Crippen molar-refractivity contribution in [3.8, 4) is 0 Å². The molecule has 0 amide bonds. The van der Waals surface area contributed by atoms with Gasteiger partial charge in [0, 0.05) is 71.0 Å². The highest BCUT2D eigenvalue weighted by molar-refractivity contribution is 7.94. The number of carboxylic acid groups (broad SMARTS) is 1. The molecule has 1 aliphatic carbocycles. The third-order valence-electron chi connectivity index (χ3n) is 13.3. The lowest BCUT2D eigenvalue weighted by atomic mass is 9.81. The Kier molecular flexibility index (Phi) is 20.5. The second-order valence-corrected chi connectivity index (χ2v) is 24.6. The first kappa shape index (κ1) is 57.0. The van der Waals surface area contributed by atoms with Crippen LogP contribution in [0.25, 0.3) is 0 Å². The predicted octanol–water partition coefficient (Wildman–Crippen LogP) is 9.86. The number of hydrogen-bond donors (Lipinski definition) is 6. The molecule has 3 aliphatic rings. The molecule has 5 rings (SSSR count). The highest BCUT2D eigenvalue weighted by atomic mass is 32.2. The van der Waals surface area contributed by atoms with Crippen LogP contribution in [0.2, 0.25) is 0 Å². The number of rotatable bonds is 29. The molecule has 6 N–H and O–H groups in total. The number of fused-ring (bicyclic) bond motifs is 2. The molecule has 0 spiro atoms. The molecular weight excluding hydrogens is 983 g/mol. The molecule has 2 aromatic carbocycles. The fourth-order valence-corrected chi connectivity index (χ4v) is 11.7. The predicted molar refractivity (Wildman–Crippen MR) is 271 cm³/mol. The van der Waals surface area contributed by atoms with E-state index in [9.17, 15) is 43.7 Å². The topological polar surface area (TPSA) is 257 Å². The maximum Gasteiger partial charge on any atom is 0.303 e. The number of nitrogens with one attached hydrogen (secondary N) is 1. The lowest BCUT2D eigenvalue weighted by Gasteiger charge is -2.28. The van der Waals surface area contributed by atoms with Crippen molar-refractivity contribution in [2.24, 2.45) is 0 Å². The number of benzene rings is 2. The van der Waals surface area contributed by atoms with Crippen molar-refractivity contribution in [1.29, 1.82) is 0 Å². The minimum absolute atomic E-state index is 0.203. The molecule has 0 aromatic heterocycles. The molecule has 388 valence electrons. The summed E-state index contributed by atoms with van der Waals surface area (Å²) in [5.41, 5.74) is 7.03. The molecular formula is C49H70N3O14S4+. The quantitative estimate of drug-likeness (QED) is 0.0111. The Morgan fingerprint density at radius 2 is 1.43 bits per heavy atom. The van der Waals surface area contributed by atoms with E-state index in [1.165, 1.54) is 12.1 Å². The van der Waals surface area contributed by atoms with Crippen LogP contribution in [-0.2, 0) is 55.4 Å². The Morgan fingerprint density at radius 3 is 2.07 bits per heavy atom. The molecule has 2 aliphatic heterocycles. The number of unbranched alkanes of at least 4 members (excludes halogenated alkanes) is 9. The summed E-state index contributed by atoms with van der Waals surface area (Å²) < 4.78 is 107. The van der Waals surface area contributed by atoms with E-state index in [0.717, 1.165) is 121 Å². The zero-order valence-electron chi connectivity index (χ0n) is 40.6. The van der Waals surface area contributed by atoms with Crippen LogP contribution in [0.1, 0.15) is 142 Å². The van der Waals surface area contributed by atoms with E-state index >= 15 is 0 Å². The lowest BCUT2D eigenvalue weighted by Crippen LogP contribution is -2.28. The van der Waals surface area contributed by atoms with Gasteiger partial charge in [0.1, 0.15) is 6.54 Å². The molecule has 2 heterocycles. The SMILES string of the molecule is CC1(C)C(=CC=C2CCCC(C=CC3=[N+](CCCCS(=O)(=O)O)c4ccc(SOOO)cc4C3(C)C)=C2NCCCCCCCCCCC(=O)O)N(CCCCS(=O)(=O)O)c2ccc(S(=O)(=O)O)cc21. The van der Waals surface area contributed by atoms with Gasteiger partial charge in [0.05, 0.1) is 33.9 Å². The van der Waals surface area contributed by atoms with Gasteiger partial charge in [0.15, 0.2) is 5.71 Å². The molecule has 0 unspecified atom stereocenters. The normalized spacial score (nSPS) is 18.1. The smallest absolute Gasteiger partial charge is 0.303 e. The third-order valence-corrected chi connectivity index (χ3v) is 16.3. The summed E-state index contributed by atoms with van der Waals surface area (Å²) in [4.78, 5) is 13.4. The van der Waals surface area contributed by atoms with Crippen LogP contribution in [0.5, 0.6) is 0 Å². The summed E-state index contributed by atoms with van der Waals surface area (Å²) in [5, 5.41) is 25.4. The molecule has 0 atom stereocenters. The monoisotopic (exact) mass is 1050 g/mol. The van der Waals surface area contributed by atoms with Crippen molar-refractivity contribution in [3.05, 3.63) is 94.4 Å². The van der Waals surface area contributed by atoms with E-state index in [-0.39, 0.29) is 29.9 Å². The molecule has 0 saturated heterocycles. The number of aliphatic carboxylic acids is 1. The average Bonchev–Trinajstić information content (AvgIpc) is 3.62. The Labute approximate surface area is 418 Å². The summed E-state index contributed by atoms with van der Waals surface area (Å²) in [5.74, 6) is -1.50. The summed E-state index contributed by atoms with van der Waals surface area (Å²) in [6.45, 7) is 9.75. The first-order valence-electron chi connectivity index (χ1n) is 24.0. The maximum absolute atomic E-state index is 12.3. The van der Waals surface area contributed by atoms with Crippen molar-refractivity contribution < 1.29 is 68.0 Å². The molecule has 21 heteroatoms. The minimum Gasteiger partial charge on any atom is -0.481 e. The van der Waals surface area contributed by atoms with E-state index in [2.05, 4.69) is 47.0 Å². The highest BCUT2D eigenvalue weighted by Crippen LogP contribution is 2.49. The van der Waals surface area contributed by atoms with Gasteiger partial charge in [-0.25, -0.2) is 5.26 Å². The van der Waals surface area contributed by atoms with Crippen LogP contribution in [0, 0.1) is 0 Å². The van der Waals surface area contributed by atoms with Crippen molar-refractivity contribution in [3.63, 3.8) is 0 Å². The first-order valence-corrected chi connectivity index (χ1v) is 29.4. The molecule has 0 bridgehead atoms. The van der Waals surface area contributed by atoms with Gasteiger partial charge in [-0.1, -0.05) is 69.6 Å². The second kappa shape index (κ2) is 25.2. The Morgan fingerprint density at radius 1 is 0.771 bits per heavy atom. The standard InChI is InChI=1S/C49H69N3O14S4/c1-48(2)40-34-38(67-66-65-55)23-25-42(40)51(30-13-15-32-68(56,57)58)44(48)27-21-36-18-17-19-37(47(36)50-29-12-10-8-6-5-7-9-11-20-46(53)54)22-28-45-49(3,4)41-35-39(70(62,63)64)24-26-43(41)52(45)31-14-16-33-69(59,60)61/h21-28,34-35H,5-20,29-33H2,1-4H3,(H5,53,54,55,56,57,58,59,60,61,62,63,64)/p+1. The number of hydrogen-bond acceptors (Lipinski definition) is 13. The van der Waals surface area contributed by atoms with Gasteiger partial charge in [-0.2, -0.15) is 29.8 Å². The van der Waals surface area contributed by atoms with Crippen LogP contribution in [0.15, 0.2) is 93.0 Å². The third kappa shape index (κ3) is 16.1. The fraction of sp³-hybridized carbons (Fsp3) is 0.551. The largest absolute Gasteiger partial charge is 0.481 e. The van der Waals surface area contributed by atoms with Gasteiger partial charge in [0.25, 0.3) is 30.4 Å². The van der Waals surface area contributed by atoms with E-state index in [4.69, 9.17) is 14.7 Å². The van der Waals surface area contributed by atoms with Crippen LogP contribution < -0.4 is 10.2 Å². The van der Waals surface area contributed by atoms with Gasteiger partial charge < -0.3 is 15.3 Å². The average molecular weight is 1050 g/mol. The highest BCUT2D eigenvalue weighted by Gasteiger charge is 2.45. The van der Waals surface area contributed by atoms with Crippen molar-refractivity contribution >= 4 is 65.5 Å². The van der Waals surface area contributed by atoms with E-state index in [1.807, 2.05) is 43.0 Å². The number of nitrogens with zero attached hydrogens (tertiary/aromatic N) is 2. The zero-order chi connectivity index (χ0) is 51.3. The fourth-order valence-electron chi connectivity index (χ4n) is 9.69. The van der Waals surface area contributed by atoms with E-state index in [1.54, 1.807) is 6.07 Å². The van der Waals surface area contributed by atoms with Gasteiger partial charge in [-0.3, -0.25) is 18.5 Å². The Bertz CT molecular complexity index is 2690. The van der Waals surface area contributed by atoms with Crippen LogP contribution in [0.3, 0.4) is 0 Å². The molecule has 0 saturated carbocycles. The summed E-state index contributed by atoms with van der Waals surface area (Å²) in [7, 11) is -12.8. The van der Waals surface area contributed by atoms with E-state index < -0.39 is 52.9 Å². The van der Waals surface area contributed by atoms with Gasteiger partial charge in [0.2, 0.25) is 5.69 Å². The van der Waals surface area contributed by atoms with Gasteiger partial charge >= 0.3 is 5.97 Å². The molecule has 70 heavy (non-hydrogen) atoms. The number of carboxylic acids is 1. The second-order valence-electron chi connectivity index (χ2n) is 19.2. The van der Waals surface area contributed by atoms with Crippen LogP contribution >= 0.6 is 12.0 Å². The molecule has 2 aromatic rings. The molecule has 0 radical (unpaired) electrons. The first-order chi connectivity index (χ1) is 32.9. The molecule has 0 fully saturated rings. The van der Waals surface area contributed by atoms with Crippen LogP contribution in [-0.4, -0.2) is 96.7 Å². The minimum atomic E-state index is -4.51. The van der Waals surface area contributed by atoms with Crippen molar-refractivity contribution in [2.45, 2.75) is 151 Å². The Balaban J connectivity index is 1.52. The Hall–Kier alpha value is -3.90. The summed E-state index contributed by atoms with van der Waals surface area (Å²) in [6, 6.07) is 10.3. The summed E-state index contributed by atoms with van der Waals surface area (Å²) in [6.07, 6.45) is 20.1. The van der Waals surface area contributed by atoms with E-state index in [0.29, 0.717) is 49.4 Å².